The Kier molecular flexibility index (Phi) is 23.8. The van der Waals surface area contributed by atoms with Crippen molar-refractivity contribution in [1.29, 1.82) is 0 Å². The van der Waals surface area contributed by atoms with Gasteiger partial charge in [-0.1, -0.05) is 46.1 Å². The molecule has 5 amide bonds. The molecular weight excluding hydrogens is 1430 g/mol. The Morgan fingerprint density at radius 1 is 0.313 bits per heavy atom. The van der Waals surface area contributed by atoms with Crippen molar-refractivity contribution in [2.24, 2.45) is 189 Å². The zero-order valence-corrected chi connectivity index (χ0v) is 71.5. The lowest BCUT2D eigenvalue weighted by molar-refractivity contribution is -0.166. The summed E-state index contributed by atoms with van der Waals surface area (Å²) < 4.78 is 11.2. The number of ether oxygens (including phenoxy) is 2. The van der Waals surface area contributed by atoms with Crippen molar-refractivity contribution in [2.75, 3.05) is 21.1 Å². The van der Waals surface area contributed by atoms with Crippen molar-refractivity contribution in [3.05, 3.63) is 87.1 Å². The third-order valence-electron chi connectivity index (χ3n) is 37.7. The van der Waals surface area contributed by atoms with E-state index in [1.807, 2.05) is 42.8 Å². The highest BCUT2D eigenvalue weighted by Gasteiger charge is 2.65. The Bertz CT molecular complexity index is 3490. The van der Waals surface area contributed by atoms with Gasteiger partial charge < -0.3 is 34.8 Å². The molecular formula is C101H147N5O9. The zero-order chi connectivity index (χ0) is 80.4. The van der Waals surface area contributed by atoms with Crippen molar-refractivity contribution < 1.29 is 43.0 Å². The number of esters is 2. The van der Waals surface area contributed by atoms with Crippen LogP contribution in [0.2, 0.25) is 0 Å². The summed E-state index contributed by atoms with van der Waals surface area (Å²) in [5, 5.41) is 6.38. The van der Waals surface area contributed by atoms with Gasteiger partial charge in [0.05, 0.1) is 0 Å². The molecule has 0 aliphatic heterocycles. The summed E-state index contributed by atoms with van der Waals surface area (Å²) in [4.78, 5) is 87.7. The first kappa shape index (κ1) is 81.8. The van der Waals surface area contributed by atoms with E-state index in [1.165, 1.54) is 249 Å². The van der Waals surface area contributed by atoms with Crippen LogP contribution >= 0.6 is 0 Å². The van der Waals surface area contributed by atoms with Gasteiger partial charge in [-0.2, -0.15) is 0 Å². The number of carbonyl (C=O) groups excluding carboxylic acids is 7. The first-order valence-corrected chi connectivity index (χ1v) is 47.5. The molecule has 28 rings (SSSR count). The van der Waals surface area contributed by atoms with Gasteiger partial charge in [0.2, 0.25) is 29.5 Å². The Morgan fingerprint density at radius 3 is 0.983 bits per heavy atom. The second kappa shape index (κ2) is 33.5. The average Bonchev–Trinajstić information content (AvgIpc) is 1.55. The van der Waals surface area contributed by atoms with Crippen LogP contribution in [-0.2, 0) is 43.0 Å². The number of nitrogens with zero attached hydrogens (tertiary/aromatic N) is 3. The molecule has 14 nitrogen and oxygen atoms in total. The molecule has 28 saturated carbocycles. The molecule has 14 heteroatoms. The van der Waals surface area contributed by atoms with E-state index < -0.39 is 0 Å². The minimum absolute atomic E-state index is 0.0208. The average molecular weight is 1580 g/mol. The topological polar surface area (TPSA) is 172 Å². The van der Waals surface area contributed by atoms with E-state index in [1.54, 1.807) is 13.8 Å². The molecule has 0 aromatic carbocycles. The van der Waals surface area contributed by atoms with E-state index in [4.69, 9.17) is 9.47 Å². The van der Waals surface area contributed by atoms with Gasteiger partial charge in [0.15, 0.2) is 0 Å². The fourth-order valence-corrected chi connectivity index (χ4v) is 34.9. The van der Waals surface area contributed by atoms with Crippen LogP contribution in [0.1, 0.15) is 245 Å². The lowest BCUT2D eigenvalue weighted by atomic mass is 9.54. The summed E-state index contributed by atoms with van der Waals surface area (Å²) in [6.45, 7) is 30.8. The fourth-order valence-electron chi connectivity index (χ4n) is 34.9. The quantitative estimate of drug-likeness (QED) is 0.0975. The maximum atomic E-state index is 12.2. The van der Waals surface area contributed by atoms with Crippen LogP contribution in [0.15, 0.2) is 87.1 Å². The minimum atomic E-state index is -0.229. The van der Waals surface area contributed by atoms with Gasteiger partial charge in [-0.05, 0) is 453 Å². The van der Waals surface area contributed by atoms with Crippen molar-refractivity contribution in [2.45, 2.75) is 288 Å². The number of amides is 5. The first-order chi connectivity index (χ1) is 55.2. The maximum Gasteiger partial charge on any atom is 0.333 e. The van der Waals surface area contributed by atoms with Crippen LogP contribution in [0.25, 0.3) is 0 Å². The van der Waals surface area contributed by atoms with Crippen LogP contribution < -0.4 is 10.6 Å². The van der Waals surface area contributed by atoms with Gasteiger partial charge in [0.25, 0.3) is 0 Å². The van der Waals surface area contributed by atoms with Crippen LogP contribution in [0.4, 0.5) is 0 Å². The molecule has 28 aliphatic carbocycles. The van der Waals surface area contributed by atoms with Crippen LogP contribution in [-0.4, -0.2) is 120 Å². The third kappa shape index (κ3) is 16.1. The standard InChI is InChI=1S/C17H25NO.C16H23NO.2C14H21NO.C14H20O2.C13H19NO.C13H18O2/c1-9(2)17(19)18(3)14-8-12-7-13(14)16-11-5-4-10(6-11)15(12)16;1-3-14(18)17(2)13-8-11-7-12(13)16-10-5-4-9(6-10)15(11)16;1-8(2)14(16)15-13-11-4-9-3-10(6-11)7-12(13)5-9;1-3-13(16)15(2)14-11-5-9-4-10(7-11)8-12(14)6-9;1-8(2)14(15)16-13-11-4-9-3-10(6-11)7-12(13)5-9;1-2-12(15)14-13-10-4-8-3-9(6-10)7-11(13)5-8;1-2-12(14)15-13-10-4-8-3-9(6-10)7-11(13)5-8/h10-16H,1,4-8H2,2-3H3;3,9-13,15-16H,1,4-8H2,2H3;9-13H,1,3-7H2,2H3,(H,15,16);3,9-12,14H,1,4-8H2,2H3;9-13H,1,3-7H2,2H3;2,8-11,13H,1,3-7H2,(H,14,15);2,8-11,13H,1,3-7H2. The molecule has 28 fully saturated rings. The molecule has 0 heterocycles. The van der Waals surface area contributed by atoms with E-state index in [0.717, 1.165) is 166 Å². The molecule has 0 aromatic rings. The van der Waals surface area contributed by atoms with Crippen LogP contribution in [0.3, 0.4) is 0 Å². The number of hydrogen-bond donors (Lipinski definition) is 2. The molecule has 14 unspecified atom stereocenters. The predicted octanol–water partition coefficient (Wildman–Crippen LogP) is 18.3. The van der Waals surface area contributed by atoms with Gasteiger partial charge in [-0.15, -0.1) is 0 Å². The largest absolute Gasteiger partial charge is 0.459 e. The molecule has 2 N–H and O–H groups in total. The monoisotopic (exact) mass is 1570 g/mol. The van der Waals surface area contributed by atoms with Crippen molar-refractivity contribution in [3.8, 4) is 0 Å². The summed E-state index contributed by atoms with van der Waals surface area (Å²) >= 11 is 0. The number of rotatable bonds is 14. The second-order valence-electron chi connectivity index (χ2n) is 44.3. The molecule has 630 valence electrons. The highest BCUT2D eigenvalue weighted by Crippen LogP contribution is 2.70. The third-order valence-corrected chi connectivity index (χ3v) is 37.7. The molecule has 28 bridgehead atoms. The number of likely N-dealkylation sites (N-methyl/N-ethyl adjacent to an activating group) is 3. The smallest absolute Gasteiger partial charge is 0.333 e. The van der Waals surface area contributed by atoms with Gasteiger partial charge in [0.1, 0.15) is 12.2 Å². The summed E-state index contributed by atoms with van der Waals surface area (Å²) in [5.41, 5.74) is 1.87. The lowest BCUT2D eigenvalue weighted by Crippen LogP contribution is -2.56. The summed E-state index contributed by atoms with van der Waals surface area (Å²) in [5.74, 6) is 28.5. The van der Waals surface area contributed by atoms with E-state index in [0.29, 0.717) is 70.6 Å². The Hall–Kier alpha value is -5.53. The second-order valence-corrected chi connectivity index (χ2v) is 44.3. The number of hydrogen-bond acceptors (Lipinski definition) is 9. The summed E-state index contributed by atoms with van der Waals surface area (Å²) in [6, 6.07) is 2.45. The van der Waals surface area contributed by atoms with Crippen LogP contribution in [0.5, 0.6) is 0 Å². The minimum Gasteiger partial charge on any atom is -0.459 e. The number of fused-ring (bicyclic) bond motifs is 18. The van der Waals surface area contributed by atoms with Crippen molar-refractivity contribution >= 4 is 41.5 Å². The van der Waals surface area contributed by atoms with E-state index in [2.05, 4.69) is 56.7 Å². The van der Waals surface area contributed by atoms with E-state index in [-0.39, 0.29) is 53.7 Å². The predicted molar refractivity (Wildman–Crippen MR) is 452 cm³/mol. The molecule has 0 spiro atoms. The molecule has 115 heavy (non-hydrogen) atoms. The van der Waals surface area contributed by atoms with Gasteiger partial charge >= 0.3 is 11.9 Å². The van der Waals surface area contributed by atoms with Crippen LogP contribution in [0, 0.1) is 189 Å². The zero-order valence-electron chi connectivity index (χ0n) is 71.5. The first-order valence-electron chi connectivity index (χ1n) is 47.5. The highest BCUT2D eigenvalue weighted by molar-refractivity contribution is 5.93. The highest BCUT2D eigenvalue weighted by atomic mass is 16.5. The maximum absolute atomic E-state index is 12.2. The van der Waals surface area contributed by atoms with E-state index in [9.17, 15) is 33.6 Å². The Balaban J connectivity index is 0.0000000969. The molecule has 14 atom stereocenters. The summed E-state index contributed by atoms with van der Waals surface area (Å²) in [7, 11) is 5.96. The lowest BCUT2D eigenvalue weighted by Gasteiger charge is -2.56. The fraction of sp³-hybridized carbons (Fsp3) is 0.792. The van der Waals surface area contributed by atoms with Gasteiger partial charge in [-0.25, -0.2) is 9.59 Å². The number of carbonyl (C=O) groups is 7. The molecule has 0 aromatic heterocycles. The van der Waals surface area contributed by atoms with Crippen molar-refractivity contribution in [3.63, 3.8) is 0 Å². The SMILES string of the molecule is C=C(C)C(=O)N(C)C1CC2CC1C1C3CCC(C3)C21.C=C(C)C(=O)NC1C2CC3CC(C2)CC1C3.C=C(C)C(=O)OC1C2CC3CC(C2)CC1C3.C=CC(=O)N(C)C1C2CC3CC(C2)CC1C3.C=CC(=O)N(C)C1CC2CC1C1C3CCC(C3)C21.C=CC(=O)NC1C2CC3CC(C2)CC1C3.C=CC(=O)OC1C2CC3CC(C2)CC1C3. The normalized spacial score (nSPS) is 46.9. The Labute approximate surface area is 691 Å². The summed E-state index contributed by atoms with van der Waals surface area (Å²) in [6.07, 6.45) is 54.3. The van der Waals surface area contributed by atoms with E-state index >= 15 is 0 Å². The van der Waals surface area contributed by atoms with Gasteiger partial charge in [-0.3, -0.25) is 24.0 Å². The molecule has 28 aliphatic rings. The molecule has 0 radical (unpaired) electrons. The molecule has 0 saturated heterocycles. The number of nitrogens with one attached hydrogen (secondary N) is 2. The van der Waals surface area contributed by atoms with Gasteiger partial charge in [0, 0.05) is 74.1 Å². The Morgan fingerprint density at radius 2 is 0.643 bits per heavy atom. The van der Waals surface area contributed by atoms with Crippen molar-refractivity contribution in [1.82, 2.24) is 25.3 Å².